The highest BCUT2D eigenvalue weighted by molar-refractivity contribution is 7.99. The van der Waals surface area contributed by atoms with Crippen LogP contribution < -0.4 is 10.1 Å². The second-order valence-corrected chi connectivity index (χ2v) is 9.69. The molecule has 1 unspecified atom stereocenters. The Morgan fingerprint density at radius 1 is 1.12 bits per heavy atom. The largest absolute Gasteiger partial charge is 0.489 e. The van der Waals surface area contributed by atoms with Gasteiger partial charge in [0.25, 0.3) is 0 Å². The molecule has 8 heteroatoms. The molecule has 0 saturated carbocycles. The maximum atomic E-state index is 13.1. The smallest absolute Gasteiger partial charge is 0.338 e. The van der Waals surface area contributed by atoms with Gasteiger partial charge in [-0.3, -0.25) is 0 Å². The number of allylic oxidation sites excluding steroid dienone is 1. The Kier molecular flexibility index (Phi) is 7.26. The summed E-state index contributed by atoms with van der Waals surface area (Å²) >= 11 is 1.56. The maximum Gasteiger partial charge on any atom is 0.338 e. The van der Waals surface area contributed by atoms with Gasteiger partial charge in [0, 0.05) is 5.70 Å². The van der Waals surface area contributed by atoms with Crippen molar-refractivity contribution in [2.75, 3.05) is 11.1 Å². The van der Waals surface area contributed by atoms with E-state index in [-0.39, 0.29) is 12.1 Å². The third-order valence-electron chi connectivity index (χ3n) is 5.39. The SMILES string of the molecule is CCSc1nc2n(n1)C(c1ccc(OCc3ccc(C)cc3)cc1)C(C(=O)OC(C)C)=C(C)N2. The predicted octanol–water partition coefficient (Wildman–Crippen LogP) is 5.52. The molecule has 7 nitrogen and oxygen atoms in total. The van der Waals surface area contributed by atoms with Crippen molar-refractivity contribution in [1.82, 2.24) is 14.8 Å². The van der Waals surface area contributed by atoms with Crippen molar-refractivity contribution in [3.05, 3.63) is 76.5 Å². The van der Waals surface area contributed by atoms with Crippen LogP contribution in [-0.4, -0.2) is 32.6 Å². The first-order chi connectivity index (χ1) is 16.4. The molecule has 1 N–H and O–H groups in total. The molecule has 1 atom stereocenters. The van der Waals surface area contributed by atoms with E-state index in [9.17, 15) is 4.79 Å². The van der Waals surface area contributed by atoms with E-state index in [2.05, 4.69) is 53.5 Å². The Bertz CT molecular complexity index is 1180. The lowest BCUT2D eigenvalue weighted by molar-refractivity contribution is -0.143. The third-order valence-corrected chi connectivity index (χ3v) is 6.11. The summed E-state index contributed by atoms with van der Waals surface area (Å²) in [6.07, 6.45) is -0.227. The molecule has 0 spiro atoms. The lowest BCUT2D eigenvalue weighted by Crippen LogP contribution is -2.30. The van der Waals surface area contributed by atoms with Gasteiger partial charge in [0.2, 0.25) is 11.1 Å². The van der Waals surface area contributed by atoms with Crippen LogP contribution in [0.3, 0.4) is 0 Å². The van der Waals surface area contributed by atoms with Crippen molar-refractivity contribution in [3.63, 3.8) is 0 Å². The van der Waals surface area contributed by atoms with Crippen LogP contribution in [0.5, 0.6) is 5.75 Å². The summed E-state index contributed by atoms with van der Waals surface area (Å²) in [5.74, 6) is 1.86. The average Bonchev–Trinajstić information content (AvgIpc) is 3.20. The second-order valence-electron chi connectivity index (χ2n) is 8.46. The van der Waals surface area contributed by atoms with Crippen LogP contribution >= 0.6 is 11.8 Å². The number of carbonyl (C=O) groups is 1. The first kappa shape index (κ1) is 23.9. The number of hydrogen-bond acceptors (Lipinski definition) is 7. The van der Waals surface area contributed by atoms with Crippen LogP contribution in [0.4, 0.5) is 5.95 Å². The van der Waals surface area contributed by atoms with E-state index in [0.29, 0.717) is 29.0 Å². The Morgan fingerprint density at radius 3 is 2.47 bits per heavy atom. The lowest BCUT2D eigenvalue weighted by Gasteiger charge is -2.28. The number of benzene rings is 2. The van der Waals surface area contributed by atoms with Crippen molar-refractivity contribution in [3.8, 4) is 5.75 Å². The van der Waals surface area contributed by atoms with Crippen LogP contribution in [0.15, 0.2) is 65.0 Å². The molecular formula is C26H30N4O3S. The number of aromatic nitrogens is 3. The minimum Gasteiger partial charge on any atom is -0.489 e. The standard InChI is InChI=1S/C26H30N4O3S/c1-6-34-26-28-25-27-18(5)22(24(31)33-16(2)3)23(30(25)29-26)20-11-13-21(14-12-20)32-15-19-9-7-17(4)8-10-19/h7-14,16,23H,6,15H2,1-5H3,(H,27,28,29). The minimum atomic E-state index is -0.452. The highest BCUT2D eigenvalue weighted by Gasteiger charge is 2.35. The van der Waals surface area contributed by atoms with Crippen LogP contribution in [0.1, 0.15) is 50.4 Å². The zero-order valence-corrected chi connectivity index (χ0v) is 21.0. The van der Waals surface area contributed by atoms with Gasteiger partial charge in [0.05, 0.1) is 11.7 Å². The number of carbonyl (C=O) groups excluding carboxylic acids is 1. The minimum absolute atomic E-state index is 0.227. The van der Waals surface area contributed by atoms with Gasteiger partial charge in [0.15, 0.2) is 0 Å². The number of nitrogens with one attached hydrogen (secondary N) is 1. The van der Waals surface area contributed by atoms with E-state index in [1.807, 2.05) is 45.0 Å². The molecule has 0 bridgehead atoms. The number of hydrogen-bond donors (Lipinski definition) is 1. The first-order valence-corrected chi connectivity index (χ1v) is 12.4. The molecule has 1 aromatic heterocycles. The van der Waals surface area contributed by atoms with Crippen molar-refractivity contribution < 1.29 is 14.3 Å². The molecule has 4 rings (SSSR count). The first-order valence-electron chi connectivity index (χ1n) is 11.4. The zero-order valence-electron chi connectivity index (χ0n) is 20.2. The lowest BCUT2D eigenvalue weighted by atomic mass is 9.95. The molecule has 2 heterocycles. The van der Waals surface area contributed by atoms with Crippen LogP contribution in [0.2, 0.25) is 0 Å². The van der Waals surface area contributed by atoms with Gasteiger partial charge in [-0.05, 0) is 56.7 Å². The summed E-state index contributed by atoms with van der Waals surface area (Å²) in [7, 11) is 0. The molecule has 2 aromatic carbocycles. The molecule has 34 heavy (non-hydrogen) atoms. The van der Waals surface area contributed by atoms with Gasteiger partial charge < -0.3 is 14.8 Å². The number of esters is 1. The Morgan fingerprint density at radius 2 is 1.82 bits per heavy atom. The fraction of sp³-hybridized carbons (Fsp3) is 0.346. The van der Waals surface area contributed by atoms with Crippen LogP contribution in [0, 0.1) is 6.92 Å². The molecule has 0 saturated heterocycles. The maximum absolute atomic E-state index is 13.1. The monoisotopic (exact) mass is 478 g/mol. The quantitative estimate of drug-likeness (QED) is 0.337. The predicted molar refractivity (Wildman–Crippen MR) is 134 cm³/mol. The topological polar surface area (TPSA) is 78.3 Å². The molecule has 178 valence electrons. The van der Waals surface area contributed by atoms with Crippen LogP contribution in [0.25, 0.3) is 0 Å². The normalized spacial score (nSPS) is 15.2. The Labute approximate surface area is 204 Å². The molecule has 1 aliphatic rings. The van der Waals surface area contributed by atoms with E-state index in [4.69, 9.17) is 9.47 Å². The summed E-state index contributed by atoms with van der Waals surface area (Å²) in [6.45, 7) is 10.2. The molecular weight excluding hydrogens is 448 g/mol. The Hall–Kier alpha value is -3.26. The van der Waals surface area contributed by atoms with E-state index in [0.717, 1.165) is 22.6 Å². The molecule has 0 amide bonds. The average molecular weight is 479 g/mol. The van der Waals surface area contributed by atoms with Crippen molar-refractivity contribution in [1.29, 1.82) is 0 Å². The molecule has 0 radical (unpaired) electrons. The van der Waals surface area contributed by atoms with Gasteiger partial charge in [-0.2, -0.15) is 4.98 Å². The Balaban J connectivity index is 1.63. The van der Waals surface area contributed by atoms with Crippen molar-refractivity contribution in [2.24, 2.45) is 0 Å². The van der Waals surface area contributed by atoms with E-state index in [1.54, 1.807) is 16.4 Å². The van der Waals surface area contributed by atoms with E-state index >= 15 is 0 Å². The van der Waals surface area contributed by atoms with E-state index in [1.165, 1.54) is 5.56 Å². The number of rotatable bonds is 8. The highest BCUT2D eigenvalue weighted by Crippen LogP contribution is 2.37. The molecule has 3 aromatic rings. The summed E-state index contributed by atoms with van der Waals surface area (Å²) < 4.78 is 13.3. The molecule has 0 fully saturated rings. The van der Waals surface area contributed by atoms with Gasteiger partial charge in [0.1, 0.15) is 18.4 Å². The fourth-order valence-electron chi connectivity index (χ4n) is 3.77. The number of thioether (sulfide) groups is 1. The summed E-state index contributed by atoms with van der Waals surface area (Å²) in [5.41, 5.74) is 4.46. The highest BCUT2D eigenvalue weighted by atomic mass is 32.2. The van der Waals surface area contributed by atoms with Crippen LogP contribution in [-0.2, 0) is 16.1 Å². The third kappa shape index (κ3) is 5.28. The molecule has 0 aliphatic carbocycles. The van der Waals surface area contributed by atoms with Gasteiger partial charge in [-0.15, -0.1) is 5.10 Å². The second kappa shape index (κ2) is 10.3. The number of fused-ring (bicyclic) bond motifs is 1. The van der Waals surface area contributed by atoms with E-state index < -0.39 is 6.04 Å². The summed E-state index contributed by atoms with van der Waals surface area (Å²) in [5, 5.41) is 8.58. The summed E-state index contributed by atoms with van der Waals surface area (Å²) in [4.78, 5) is 17.7. The summed E-state index contributed by atoms with van der Waals surface area (Å²) in [6, 6.07) is 15.6. The van der Waals surface area contributed by atoms with Crippen molar-refractivity contribution >= 4 is 23.7 Å². The number of ether oxygens (including phenoxy) is 2. The number of anilines is 1. The number of nitrogens with zero attached hydrogens (tertiary/aromatic N) is 3. The fourth-order valence-corrected chi connectivity index (χ4v) is 4.32. The van der Waals surface area contributed by atoms with Crippen molar-refractivity contribution in [2.45, 2.75) is 58.5 Å². The van der Waals surface area contributed by atoms with Gasteiger partial charge in [-0.25, -0.2) is 9.48 Å². The van der Waals surface area contributed by atoms with Gasteiger partial charge in [-0.1, -0.05) is 60.6 Å². The number of aryl methyl sites for hydroxylation is 1. The molecule has 1 aliphatic heterocycles. The van der Waals surface area contributed by atoms with Gasteiger partial charge >= 0.3 is 5.97 Å². The zero-order chi connectivity index (χ0) is 24.2.